The number of pyridine rings is 1. The molecule has 2 heterocycles. The van der Waals surface area contributed by atoms with Crippen molar-refractivity contribution in [1.82, 2.24) is 9.88 Å². The summed E-state index contributed by atoms with van der Waals surface area (Å²) in [6.07, 6.45) is 2.61. The van der Waals surface area contributed by atoms with Crippen LogP contribution in [0, 0.1) is 5.95 Å². The summed E-state index contributed by atoms with van der Waals surface area (Å²) in [5.74, 6) is -0.130. The maximum atomic E-state index is 14.2. The number of hydrogen-bond donors (Lipinski definition) is 0. The second kappa shape index (κ2) is 8.37. The summed E-state index contributed by atoms with van der Waals surface area (Å²) in [5.41, 5.74) is 1.86. The monoisotopic (exact) mass is 412 g/mol. The molecule has 0 aliphatic carbocycles. The van der Waals surface area contributed by atoms with Gasteiger partial charge in [-0.05, 0) is 49.9 Å². The van der Waals surface area contributed by atoms with E-state index in [1.165, 1.54) is 6.07 Å². The summed E-state index contributed by atoms with van der Waals surface area (Å²) in [6.45, 7) is 3.30. The van der Waals surface area contributed by atoms with Gasteiger partial charge in [-0.2, -0.15) is 4.39 Å². The van der Waals surface area contributed by atoms with Crippen molar-refractivity contribution < 1.29 is 13.9 Å². The third-order valence-corrected chi connectivity index (χ3v) is 5.57. The van der Waals surface area contributed by atoms with E-state index in [1.54, 1.807) is 25.1 Å². The van der Waals surface area contributed by atoms with Crippen molar-refractivity contribution in [3.8, 4) is 16.9 Å². The molecule has 1 fully saturated rings. The predicted octanol–water partition coefficient (Wildman–Crippen LogP) is 5.47. The molecule has 0 unspecified atom stereocenters. The van der Waals surface area contributed by atoms with Crippen LogP contribution in [-0.4, -0.2) is 35.0 Å². The van der Waals surface area contributed by atoms with E-state index >= 15 is 0 Å². The number of carbonyl (C=O) groups excluding carboxylic acids is 1. The van der Waals surface area contributed by atoms with Gasteiger partial charge < -0.3 is 9.64 Å². The minimum Gasteiger partial charge on any atom is -0.481 e. The van der Waals surface area contributed by atoms with Gasteiger partial charge in [-0.25, -0.2) is 4.98 Å². The van der Waals surface area contributed by atoms with E-state index in [0.717, 1.165) is 43.3 Å². The molecule has 0 saturated carbocycles. The molecule has 1 aliphatic rings. The van der Waals surface area contributed by atoms with E-state index in [9.17, 15) is 9.18 Å². The van der Waals surface area contributed by atoms with E-state index in [-0.39, 0.29) is 5.91 Å². The van der Waals surface area contributed by atoms with Crippen LogP contribution in [0.2, 0.25) is 5.02 Å². The second-order valence-electron chi connectivity index (χ2n) is 7.30. The summed E-state index contributed by atoms with van der Waals surface area (Å²) >= 11 is 6.31. The van der Waals surface area contributed by atoms with Crippen LogP contribution in [0.15, 0.2) is 48.5 Å². The molecule has 4 rings (SSSR count). The van der Waals surface area contributed by atoms with Gasteiger partial charge in [-0.1, -0.05) is 29.8 Å². The molecule has 1 aromatic heterocycles. The van der Waals surface area contributed by atoms with Crippen molar-refractivity contribution in [2.24, 2.45) is 0 Å². The van der Waals surface area contributed by atoms with Gasteiger partial charge in [0.25, 0.3) is 5.91 Å². The van der Waals surface area contributed by atoms with Crippen molar-refractivity contribution in [1.29, 1.82) is 0 Å². The largest absolute Gasteiger partial charge is 0.481 e. The summed E-state index contributed by atoms with van der Waals surface area (Å²) in [7, 11) is 0. The molecule has 0 spiro atoms. The number of ether oxygens (including phenoxy) is 1. The fourth-order valence-corrected chi connectivity index (χ4v) is 4.02. The van der Waals surface area contributed by atoms with Crippen LogP contribution < -0.4 is 4.74 Å². The molecular weight excluding hydrogens is 391 g/mol. The number of benzene rings is 2. The lowest BCUT2D eigenvalue weighted by Gasteiger charge is -2.29. The Hall–Kier alpha value is -2.66. The molecule has 1 atom stereocenters. The summed E-state index contributed by atoms with van der Waals surface area (Å²) < 4.78 is 20.1. The van der Waals surface area contributed by atoms with E-state index in [1.807, 2.05) is 29.2 Å². The maximum absolute atomic E-state index is 14.2. The second-order valence-corrected chi connectivity index (χ2v) is 7.70. The number of carbonyl (C=O) groups is 1. The Morgan fingerprint density at radius 1 is 1.10 bits per heavy atom. The van der Waals surface area contributed by atoms with E-state index < -0.39 is 12.1 Å². The van der Waals surface area contributed by atoms with E-state index in [2.05, 4.69) is 4.98 Å². The summed E-state index contributed by atoms with van der Waals surface area (Å²) in [5, 5.41) is 1.31. The number of rotatable bonds is 4. The van der Waals surface area contributed by atoms with Gasteiger partial charge in [-0.3, -0.25) is 4.79 Å². The normalized spacial score (nSPS) is 15.3. The van der Waals surface area contributed by atoms with Crippen molar-refractivity contribution in [2.45, 2.75) is 32.3 Å². The van der Waals surface area contributed by atoms with Gasteiger partial charge in [0.15, 0.2) is 6.10 Å². The fraction of sp³-hybridized carbons (Fsp3) is 0.304. The Morgan fingerprint density at radius 2 is 1.86 bits per heavy atom. The van der Waals surface area contributed by atoms with Gasteiger partial charge in [-0.15, -0.1) is 0 Å². The number of aromatic nitrogens is 1. The number of hydrogen-bond acceptors (Lipinski definition) is 3. The minimum absolute atomic E-state index is 0.0197. The van der Waals surface area contributed by atoms with Crippen LogP contribution in [0.5, 0.6) is 5.75 Å². The third kappa shape index (κ3) is 4.20. The number of piperidine rings is 1. The molecule has 1 saturated heterocycles. The Labute approximate surface area is 174 Å². The molecule has 29 heavy (non-hydrogen) atoms. The van der Waals surface area contributed by atoms with E-state index in [4.69, 9.17) is 16.3 Å². The van der Waals surface area contributed by atoms with Gasteiger partial charge in [0.05, 0.1) is 5.52 Å². The van der Waals surface area contributed by atoms with Crippen LogP contribution >= 0.6 is 11.6 Å². The Balaban J connectivity index is 1.63. The molecule has 0 N–H and O–H groups in total. The molecule has 4 nitrogen and oxygen atoms in total. The molecule has 2 aromatic carbocycles. The zero-order valence-electron chi connectivity index (χ0n) is 16.2. The zero-order valence-corrected chi connectivity index (χ0v) is 17.0. The SMILES string of the molecule is C[C@@H](Oc1ccc2c(-c3ccccc3Cl)cc(F)nc2c1)C(=O)N1CCCCC1. The van der Waals surface area contributed by atoms with Gasteiger partial charge >= 0.3 is 0 Å². The van der Waals surface area contributed by atoms with Crippen LogP contribution in [0.3, 0.4) is 0 Å². The Bertz CT molecular complexity index is 1050. The smallest absolute Gasteiger partial charge is 0.263 e. The molecule has 1 amide bonds. The van der Waals surface area contributed by atoms with Crippen molar-refractivity contribution in [3.05, 3.63) is 59.5 Å². The maximum Gasteiger partial charge on any atom is 0.263 e. The number of halogens is 2. The number of amides is 1. The topological polar surface area (TPSA) is 42.4 Å². The fourth-order valence-electron chi connectivity index (χ4n) is 3.78. The lowest BCUT2D eigenvalue weighted by Crippen LogP contribution is -2.43. The number of likely N-dealkylation sites (tertiary alicyclic amines) is 1. The van der Waals surface area contributed by atoms with Crippen LogP contribution in [-0.2, 0) is 4.79 Å². The van der Waals surface area contributed by atoms with Gasteiger partial charge in [0.1, 0.15) is 5.75 Å². The quantitative estimate of drug-likeness (QED) is 0.533. The lowest BCUT2D eigenvalue weighted by atomic mass is 10.0. The molecule has 3 aromatic rings. The first-order valence-electron chi connectivity index (χ1n) is 9.83. The molecule has 0 bridgehead atoms. The standard InChI is InChI=1S/C23H22ClFN2O2/c1-15(23(28)27-11-5-2-6-12-27)29-16-9-10-18-19(14-22(25)26-21(18)13-16)17-7-3-4-8-20(17)24/h3-4,7-10,13-15H,2,5-6,11-12H2,1H3/t15-/m1/s1. The molecular formula is C23H22ClFN2O2. The molecule has 6 heteroatoms. The molecule has 150 valence electrons. The zero-order chi connectivity index (χ0) is 20.4. The first-order chi connectivity index (χ1) is 14.0. The Kier molecular flexibility index (Phi) is 5.67. The lowest BCUT2D eigenvalue weighted by molar-refractivity contribution is -0.138. The highest BCUT2D eigenvalue weighted by molar-refractivity contribution is 6.33. The summed E-state index contributed by atoms with van der Waals surface area (Å²) in [4.78, 5) is 18.5. The van der Waals surface area contributed by atoms with Crippen molar-refractivity contribution in [2.75, 3.05) is 13.1 Å². The van der Waals surface area contributed by atoms with Gasteiger partial charge in [0.2, 0.25) is 5.95 Å². The minimum atomic E-state index is -0.609. The average molecular weight is 413 g/mol. The van der Waals surface area contributed by atoms with Crippen LogP contribution in [0.25, 0.3) is 22.0 Å². The number of nitrogens with zero attached hydrogens (tertiary/aromatic N) is 2. The third-order valence-electron chi connectivity index (χ3n) is 5.24. The van der Waals surface area contributed by atoms with Crippen molar-refractivity contribution in [3.63, 3.8) is 0 Å². The highest BCUT2D eigenvalue weighted by Crippen LogP contribution is 2.34. The van der Waals surface area contributed by atoms with Crippen LogP contribution in [0.1, 0.15) is 26.2 Å². The average Bonchev–Trinajstić information content (AvgIpc) is 2.73. The van der Waals surface area contributed by atoms with Crippen LogP contribution in [0.4, 0.5) is 4.39 Å². The highest BCUT2D eigenvalue weighted by Gasteiger charge is 2.23. The first-order valence-corrected chi connectivity index (χ1v) is 10.2. The van der Waals surface area contributed by atoms with Gasteiger partial charge in [0, 0.05) is 41.2 Å². The highest BCUT2D eigenvalue weighted by atomic mass is 35.5. The Morgan fingerprint density at radius 3 is 2.62 bits per heavy atom. The first kappa shape index (κ1) is 19.6. The van der Waals surface area contributed by atoms with E-state index in [0.29, 0.717) is 21.9 Å². The predicted molar refractivity (Wildman–Crippen MR) is 113 cm³/mol. The summed E-state index contributed by atoms with van der Waals surface area (Å²) in [6, 6.07) is 14.0. The number of fused-ring (bicyclic) bond motifs is 1. The molecule has 0 radical (unpaired) electrons. The molecule has 1 aliphatic heterocycles. The van der Waals surface area contributed by atoms with Crippen molar-refractivity contribution >= 4 is 28.4 Å².